The van der Waals surface area contributed by atoms with E-state index in [1.165, 1.54) is 19.4 Å². The number of rotatable bonds is 4. The Morgan fingerprint density at radius 1 is 1.40 bits per heavy atom. The number of aromatic amines is 1. The molecule has 0 aliphatic carbocycles. The normalized spacial score (nSPS) is 18.5. The number of H-pyrrole nitrogens is 1. The largest absolute Gasteiger partial charge is 0.422 e. The van der Waals surface area contributed by atoms with Gasteiger partial charge in [-0.15, -0.1) is 0 Å². The molecule has 1 N–H and O–H groups in total. The van der Waals surface area contributed by atoms with Crippen LogP contribution in [0, 0.1) is 5.92 Å². The molecule has 0 bridgehead atoms. The zero-order valence-electron chi connectivity index (χ0n) is 14.1. The lowest BCUT2D eigenvalue weighted by molar-refractivity contribution is 0.190. The fourth-order valence-corrected chi connectivity index (χ4v) is 3.31. The predicted octanol–water partition coefficient (Wildman–Crippen LogP) is 1.65. The van der Waals surface area contributed by atoms with E-state index in [1.807, 2.05) is 10.9 Å². The Labute approximate surface area is 144 Å². The molecule has 1 unspecified atom stereocenters. The van der Waals surface area contributed by atoms with Crippen molar-refractivity contribution in [3.05, 3.63) is 41.2 Å². The molecule has 0 aromatic carbocycles. The molecule has 1 saturated heterocycles. The Bertz CT molecular complexity index is 934. The second-order valence-electron chi connectivity index (χ2n) is 6.53. The number of nitrogens with one attached hydrogen (secondary N) is 1. The highest BCUT2D eigenvalue weighted by Gasteiger charge is 2.18. The van der Waals surface area contributed by atoms with Gasteiger partial charge in [0.1, 0.15) is 0 Å². The van der Waals surface area contributed by atoms with Crippen LogP contribution < -0.4 is 10.3 Å². The Morgan fingerprint density at radius 3 is 3.20 bits per heavy atom. The summed E-state index contributed by atoms with van der Waals surface area (Å²) < 4.78 is 7.56. The van der Waals surface area contributed by atoms with Gasteiger partial charge in [-0.25, -0.2) is 0 Å². The standard InChI is InChI=1S/C17H20N6O2/c1-22-6-2-3-12(9-22)10-23-11-13(7-19-23)25-17-20-15-8-18-5-4-14(15)16(24)21-17/h4-5,7-8,11-12H,2-3,6,9-10H2,1H3,(H,20,21,24). The third kappa shape index (κ3) is 3.53. The third-order valence-electron chi connectivity index (χ3n) is 4.48. The first-order valence-electron chi connectivity index (χ1n) is 8.40. The first-order valence-corrected chi connectivity index (χ1v) is 8.40. The second kappa shape index (κ2) is 6.64. The average molecular weight is 340 g/mol. The van der Waals surface area contributed by atoms with Gasteiger partial charge < -0.3 is 9.64 Å². The van der Waals surface area contributed by atoms with E-state index in [9.17, 15) is 4.79 Å². The molecule has 4 heterocycles. The van der Waals surface area contributed by atoms with Crippen LogP contribution in [0.4, 0.5) is 0 Å². The molecule has 3 aromatic rings. The van der Waals surface area contributed by atoms with Crippen LogP contribution in [0.5, 0.6) is 11.8 Å². The lowest BCUT2D eigenvalue weighted by atomic mass is 9.99. The maximum atomic E-state index is 12.1. The Kier molecular flexibility index (Phi) is 4.19. The van der Waals surface area contributed by atoms with Crippen LogP contribution >= 0.6 is 0 Å². The van der Waals surface area contributed by atoms with Crippen molar-refractivity contribution in [3.8, 4) is 11.8 Å². The van der Waals surface area contributed by atoms with Crippen LogP contribution in [0.3, 0.4) is 0 Å². The highest BCUT2D eigenvalue weighted by molar-refractivity contribution is 5.76. The molecular formula is C17H20N6O2. The molecule has 1 aliphatic rings. The number of ether oxygens (including phenoxy) is 1. The van der Waals surface area contributed by atoms with Crippen molar-refractivity contribution in [1.29, 1.82) is 0 Å². The van der Waals surface area contributed by atoms with Crippen LogP contribution in [0.25, 0.3) is 10.9 Å². The van der Waals surface area contributed by atoms with Crippen molar-refractivity contribution >= 4 is 10.9 Å². The van der Waals surface area contributed by atoms with Gasteiger partial charge in [-0.05, 0) is 38.4 Å². The second-order valence-corrected chi connectivity index (χ2v) is 6.53. The Balaban J connectivity index is 1.48. The molecule has 8 nitrogen and oxygen atoms in total. The number of hydrogen-bond acceptors (Lipinski definition) is 6. The fourth-order valence-electron chi connectivity index (χ4n) is 3.31. The van der Waals surface area contributed by atoms with Crippen molar-refractivity contribution in [1.82, 2.24) is 29.6 Å². The maximum absolute atomic E-state index is 12.1. The highest BCUT2D eigenvalue weighted by atomic mass is 16.5. The van der Waals surface area contributed by atoms with Crippen LogP contribution in [-0.4, -0.2) is 49.8 Å². The maximum Gasteiger partial charge on any atom is 0.302 e. The predicted molar refractivity (Wildman–Crippen MR) is 92.7 cm³/mol. The summed E-state index contributed by atoms with van der Waals surface area (Å²) in [6.07, 6.45) is 9.02. The molecule has 8 heteroatoms. The molecule has 1 atom stereocenters. The zero-order chi connectivity index (χ0) is 17.2. The fraction of sp³-hybridized carbons (Fsp3) is 0.412. The highest BCUT2D eigenvalue weighted by Crippen LogP contribution is 2.20. The van der Waals surface area contributed by atoms with E-state index in [-0.39, 0.29) is 11.6 Å². The number of nitrogens with zero attached hydrogens (tertiary/aromatic N) is 5. The van der Waals surface area contributed by atoms with Crippen LogP contribution in [0.1, 0.15) is 12.8 Å². The van der Waals surface area contributed by atoms with Crippen LogP contribution in [0.15, 0.2) is 35.6 Å². The van der Waals surface area contributed by atoms with Crippen molar-refractivity contribution in [2.75, 3.05) is 20.1 Å². The summed E-state index contributed by atoms with van der Waals surface area (Å²) in [5.41, 5.74) is 0.249. The third-order valence-corrected chi connectivity index (χ3v) is 4.48. The monoisotopic (exact) mass is 340 g/mol. The molecule has 3 aromatic heterocycles. The van der Waals surface area contributed by atoms with Gasteiger partial charge in [0.15, 0.2) is 5.75 Å². The van der Waals surface area contributed by atoms with E-state index < -0.39 is 0 Å². The molecule has 130 valence electrons. The SMILES string of the molecule is CN1CCCC(Cn2cc(Oc3nc4cnccc4c(=O)[nH]3)cn2)C1. The van der Waals surface area contributed by atoms with Crippen LogP contribution in [0.2, 0.25) is 0 Å². The number of piperidine rings is 1. The molecule has 1 aliphatic heterocycles. The van der Waals surface area contributed by atoms with E-state index in [2.05, 4.69) is 32.0 Å². The van der Waals surface area contributed by atoms with E-state index in [0.717, 1.165) is 13.1 Å². The lowest BCUT2D eigenvalue weighted by Crippen LogP contribution is -2.34. The van der Waals surface area contributed by atoms with Gasteiger partial charge in [-0.1, -0.05) is 0 Å². The number of hydrogen-bond donors (Lipinski definition) is 1. The van der Waals surface area contributed by atoms with Gasteiger partial charge in [-0.2, -0.15) is 10.1 Å². The smallest absolute Gasteiger partial charge is 0.302 e. The molecule has 0 saturated carbocycles. The van der Waals surface area contributed by atoms with Crippen molar-refractivity contribution in [2.45, 2.75) is 19.4 Å². The topological polar surface area (TPSA) is 88.9 Å². The van der Waals surface area contributed by atoms with Gasteiger partial charge >= 0.3 is 6.01 Å². The molecule has 0 amide bonds. The van der Waals surface area contributed by atoms with E-state index in [1.54, 1.807) is 24.7 Å². The Morgan fingerprint density at radius 2 is 2.32 bits per heavy atom. The van der Waals surface area contributed by atoms with E-state index in [0.29, 0.717) is 22.6 Å². The van der Waals surface area contributed by atoms with Gasteiger partial charge in [0.05, 0.1) is 29.5 Å². The summed E-state index contributed by atoms with van der Waals surface area (Å²) in [6, 6.07) is 1.77. The first kappa shape index (κ1) is 15.8. The van der Waals surface area contributed by atoms with E-state index >= 15 is 0 Å². The zero-order valence-corrected chi connectivity index (χ0v) is 14.1. The molecule has 1 fully saturated rings. The molecule has 0 radical (unpaired) electrons. The minimum absolute atomic E-state index is 0.141. The van der Waals surface area contributed by atoms with Gasteiger partial charge in [0.25, 0.3) is 5.56 Å². The summed E-state index contributed by atoms with van der Waals surface area (Å²) in [6.45, 7) is 3.11. The quantitative estimate of drug-likeness (QED) is 0.777. The average Bonchev–Trinajstić information content (AvgIpc) is 3.02. The lowest BCUT2D eigenvalue weighted by Gasteiger charge is -2.29. The molecule has 0 spiro atoms. The number of fused-ring (bicyclic) bond motifs is 1. The summed E-state index contributed by atoms with van der Waals surface area (Å²) in [5.74, 6) is 1.15. The molecule has 25 heavy (non-hydrogen) atoms. The summed E-state index contributed by atoms with van der Waals surface area (Å²) in [5, 5.41) is 4.84. The van der Waals surface area contributed by atoms with Gasteiger partial charge in [0.2, 0.25) is 0 Å². The van der Waals surface area contributed by atoms with Crippen molar-refractivity contribution in [3.63, 3.8) is 0 Å². The van der Waals surface area contributed by atoms with E-state index in [4.69, 9.17) is 4.74 Å². The van der Waals surface area contributed by atoms with Crippen molar-refractivity contribution < 1.29 is 4.74 Å². The summed E-state index contributed by atoms with van der Waals surface area (Å²) in [4.78, 5) is 25.3. The number of pyridine rings is 1. The number of aromatic nitrogens is 5. The summed E-state index contributed by atoms with van der Waals surface area (Å²) in [7, 11) is 2.15. The molecule has 4 rings (SSSR count). The van der Waals surface area contributed by atoms with Crippen LogP contribution in [-0.2, 0) is 6.54 Å². The molecular weight excluding hydrogens is 320 g/mol. The summed E-state index contributed by atoms with van der Waals surface area (Å²) >= 11 is 0. The first-order chi connectivity index (χ1) is 12.2. The van der Waals surface area contributed by atoms with Crippen molar-refractivity contribution in [2.24, 2.45) is 5.92 Å². The Hall–Kier alpha value is -2.74. The van der Waals surface area contributed by atoms with Gasteiger partial charge in [0, 0.05) is 19.3 Å². The minimum Gasteiger partial charge on any atom is -0.422 e. The van der Waals surface area contributed by atoms with Gasteiger partial charge in [-0.3, -0.25) is 19.4 Å². The minimum atomic E-state index is -0.250. The number of likely N-dealkylation sites (tertiary alicyclic amines) is 1.